The van der Waals surface area contributed by atoms with Gasteiger partial charge in [-0.25, -0.2) is 27.4 Å². The largest absolute Gasteiger partial charge is 1.00 e. The molecule has 3 heterocycles. The van der Waals surface area contributed by atoms with Crippen molar-refractivity contribution in [3.8, 4) is 17.0 Å². The van der Waals surface area contributed by atoms with Crippen molar-refractivity contribution < 1.29 is 98.4 Å². The Kier molecular flexibility index (Phi) is 25.7. The number of nitrogens with one attached hydrogen (secondary N) is 1. The minimum absolute atomic E-state index is 0. The normalized spacial score (nSPS) is 11.3. The van der Waals surface area contributed by atoms with E-state index in [1.807, 2.05) is 41.6 Å². The molecule has 1 N–H and O–H groups in total. The second kappa shape index (κ2) is 30.2. The van der Waals surface area contributed by atoms with Gasteiger partial charge in [0.25, 0.3) is 11.1 Å². The van der Waals surface area contributed by atoms with Crippen LogP contribution in [0, 0.1) is 16.3 Å². The third kappa shape index (κ3) is 20.1. The van der Waals surface area contributed by atoms with E-state index in [1.54, 1.807) is 32.2 Å². The number of fused-ring (bicyclic) bond motifs is 1. The first kappa shape index (κ1) is 63.7. The van der Waals surface area contributed by atoms with Crippen molar-refractivity contribution in [2.45, 2.75) is 83.5 Å². The van der Waals surface area contributed by atoms with Crippen LogP contribution in [0.4, 0.5) is 34.0 Å². The van der Waals surface area contributed by atoms with E-state index in [-0.39, 0.29) is 94.2 Å². The average Bonchev–Trinajstić information content (AvgIpc) is 3.84. The molecule has 29 heteroatoms. The number of pyridine rings is 1. The van der Waals surface area contributed by atoms with Crippen LogP contribution in [0.15, 0.2) is 77.8 Å². The predicted octanol–water partition coefficient (Wildman–Crippen LogP) is 7.17. The minimum atomic E-state index is -4.61. The Morgan fingerprint density at radius 3 is 2.27 bits per heavy atom. The van der Waals surface area contributed by atoms with E-state index in [0.717, 1.165) is 38.2 Å². The van der Waals surface area contributed by atoms with Crippen molar-refractivity contribution in [1.82, 2.24) is 30.1 Å². The van der Waals surface area contributed by atoms with Crippen molar-refractivity contribution >= 4 is 102 Å². The number of alkyl halides is 3. The zero-order valence-corrected chi connectivity index (χ0v) is 48.0. The molecule has 1 unspecified atom stereocenters. The van der Waals surface area contributed by atoms with E-state index in [0.29, 0.717) is 25.5 Å². The van der Waals surface area contributed by atoms with E-state index < -0.39 is 56.4 Å². The maximum atomic E-state index is 13.0. The fourth-order valence-corrected chi connectivity index (χ4v) is 8.69. The maximum absolute atomic E-state index is 13.0. The summed E-state index contributed by atoms with van der Waals surface area (Å²) in [5.74, 6) is -1.66. The van der Waals surface area contributed by atoms with Gasteiger partial charge in [0.15, 0.2) is 25.2 Å². The van der Waals surface area contributed by atoms with E-state index in [9.17, 15) is 45.2 Å². The number of halogens is 6. The van der Waals surface area contributed by atoms with Crippen LogP contribution in [0.5, 0.6) is 17.0 Å². The van der Waals surface area contributed by atoms with Crippen LogP contribution in [-0.2, 0) is 35.3 Å². The van der Waals surface area contributed by atoms with Gasteiger partial charge in [-0.15, -0.1) is 5.10 Å². The summed E-state index contributed by atoms with van der Waals surface area (Å²) < 4.78 is 104. The molecule has 20 nitrogen and oxygen atoms in total. The van der Waals surface area contributed by atoms with Gasteiger partial charge in [-0.1, -0.05) is 47.8 Å². The molecule has 6 aromatic rings. The molecular formula is C46H48ClF4IN9NaO11S2. The fraction of sp³-hybridized carbons (Fsp3) is 0.348. The number of rotatable bonds is 18. The quantitative estimate of drug-likeness (QED) is 0.0294. The first-order chi connectivity index (χ1) is 35.0. The Morgan fingerprint density at radius 2 is 1.64 bits per heavy atom. The van der Waals surface area contributed by atoms with Crippen LogP contribution in [0.1, 0.15) is 74.6 Å². The topological polar surface area (TPSA) is 255 Å². The number of esters is 2. The first-order valence-corrected chi connectivity index (χ1v) is 25.6. The number of nitrogens with zero attached hydrogens (tertiary/aromatic N) is 8. The summed E-state index contributed by atoms with van der Waals surface area (Å²) in [6, 6.07) is 14.8. The van der Waals surface area contributed by atoms with Crippen LogP contribution < -0.4 is 54.0 Å². The summed E-state index contributed by atoms with van der Waals surface area (Å²) >= 11 is 8.21. The maximum Gasteiger partial charge on any atom is 1.00 e. The van der Waals surface area contributed by atoms with E-state index in [1.165, 1.54) is 61.4 Å². The van der Waals surface area contributed by atoms with Crippen molar-refractivity contribution in [2.24, 2.45) is 0 Å². The van der Waals surface area contributed by atoms with Crippen LogP contribution in [0.3, 0.4) is 0 Å². The molecule has 0 saturated heterocycles. The Balaban J connectivity index is 0.000000296. The number of unbranched alkanes of at least 4 members (excludes halogenated alkanes) is 2. The number of aryl methyl sites for hydroxylation is 1. The fourth-order valence-electron chi connectivity index (χ4n) is 6.14. The van der Waals surface area contributed by atoms with Crippen molar-refractivity contribution in [1.29, 1.82) is 0 Å². The number of anilines is 2. The minimum Gasteiger partial charge on any atom is -0.480 e. The van der Waals surface area contributed by atoms with Gasteiger partial charge >= 0.3 is 53.7 Å². The number of hydrogen-bond donors (Lipinski definition) is 1. The predicted molar refractivity (Wildman–Crippen MR) is 273 cm³/mol. The first-order valence-electron chi connectivity index (χ1n) is 21.9. The number of benzene rings is 3. The van der Waals surface area contributed by atoms with Crippen molar-refractivity contribution in [3.63, 3.8) is 0 Å². The molecule has 398 valence electrons. The molecule has 6 rings (SSSR count). The van der Waals surface area contributed by atoms with Gasteiger partial charge in [0, 0.05) is 26.9 Å². The molecule has 0 radical (unpaired) electrons. The Labute approximate surface area is 473 Å². The summed E-state index contributed by atoms with van der Waals surface area (Å²) in [6.07, 6.45) is 1.22. The molecule has 3 amide bonds. The number of urea groups is 1. The van der Waals surface area contributed by atoms with Gasteiger partial charge in [0.2, 0.25) is 15.0 Å². The zero-order chi connectivity index (χ0) is 54.8. The molecular weight excluding hydrogens is 1180 g/mol. The molecule has 0 aliphatic heterocycles. The monoisotopic (exact) mass is 1230 g/mol. The van der Waals surface area contributed by atoms with Crippen LogP contribution in [-0.4, -0.2) is 102 Å². The van der Waals surface area contributed by atoms with E-state index in [2.05, 4.69) is 51.8 Å². The van der Waals surface area contributed by atoms with Gasteiger partial charge in [0.05, 0.1) is 35.8 Å². The number of aromatic nitrogens is 6. The molecule has 0 saturated carbocycles. The number of carbonyl (C=O) groups is 4. The SMILES string of the molecule is CC(C)N(C(=O)COc1nnc(C(F)(F)F)s1)c1ccc(F)cc1.CCCCCC(C)OC(=O)COc1ccc(Cl)c2cccnc12.COC(=O)c1ccc(I)cc1S(=O)(=O)[N-]C(=O)Nc1nc(C)nc(OC)n1.[Na+]. The van der Waals surface area contributed by atoms with Crippen LogP contribution >= 0.6 is 45.5 Å². The molecule has 3 aromatic carbocycles. The molecule has 0 aliphatic carbocycles. The van der Waals surface area contributed by atoms with Gasteiger partial charge in [0.1, 0.15) is 22.9 Å². The van der Waals surface area contributed by atoms with Crippen molar-refractivity contribution in [2.75, 3.05) is 37.7 Å². The second-order valence-corrected chi connectivity index (χ2v) is 19.5. The molecule has 0 fully saturated rings. The molecule has 3 aromatic heterocycles. The summed E-state index contributed by atoms with van der Waals surface area (Å²) in [6.45, 7) is 8.43. The number of sulfonamides is 1. The van der Waals surface area contributed by atoms with E-state index in [4.69, 9.17) is 30.5 Å². The molecule has 0 spiro atoms. The van der Waals surface area contributed by atoms with Gasteiger partial charge in [-0.3, -0.25) is 14.6 Å². The number of methoxy groups -OCH3 is 2. The van der Waals surface area contributed by atoms with Crippen LogP contribution in [0.2, 0.25) is 5.02 Å². The molecule has 0 bridgehead atoms. The zero-order valence-electron chi connectivity index (χ0n) is 41.5. The van der Waals surface area contributed by atoms with Gasteiger partial charge in [-0.2, -0.15) is 23.1 Å². The number of ether oxygens (including phenoxy) is 5. The Morgan fingerprint density at radius 1 is 0.933 bits per heavy atom. The summed E-state index contributed by atoms with van der Waals surface area (Å²) in [7, 11) is -2.08. The Bertz CT molecular complexity index is 3000. The third-order valence-electron chi connectivity index (χ3n) is 9.39. The van der Waals surface area contributed by atoms with Gasteiger partial charge in [-0.05, 0) is 130 Å². The summed E-state index contributed by atoms with van der Waals surface area (Å²) in [4.78, 5) is 64.6. The molecule has 1 atom stereocenters. The van der Waals surface area contributed by atoms with E-state index >= 15 is 0 Å². The van der Waals surface area contributed by atoms with Gasteiger partial charge < -0.3 is 38.6 Å². The standard InChI is InChI=1S/C18H22ClNO3.C14H13F4N3O2S.C14H14IN5O6S.Na/c1-3-4-5-7-13(2)23-17(21)12-22-16-10-9-15(19)14-8-6-11-20-18(14)16;1-8(2)21(10-5-3-9(15)4-6-10)11(22)7-23-13-20-19-12(24-13)14(16,17)18;1-7-16-12(19-14(17-7)26-3)18-13(22)20-27(23,24)10-6-8(15)4-5-9(10)11(21)25-2;/h6,8-11,13H,3-5,7,12H2,1-2H3;3-6,8H,7H2,1-2H3;4-6H,1-3H3,(H2,16,17,18,19,20,22);/q;;;+1/p-1. The van der Waals surface area contributed by atoms with Crippen molar-refractivity contribution in [3.05, 3.63) is 108 Å². The smallest absolute Gasteiger partial charge is 0.480 e. The van der Waals surface area contributed by atoms with Crippen LogP contribution in [0.25, 0.3) is 15.6 Å². The number of carbonyl (C=O) groups excluding carboxylic acids is 4. The summed E-state index contributed by atoms with van der Waals surface area (Å²) in [5, 5.41) is 8.24. The Hall–Kier alpha value is -5.59. The summed E-state index contributed by atoms with van der Waals surface area (Å²) in [5.41, 5.74) is 0.851. The molecule has 0 aliphatic rings. The average molecular weight is 1230 g/mol. The number of hydrogen-bond acceptors (Lipinski definition) is 18. The number of amides is 3. The second-order valence-electron chi connectivity index (χ2n) is 15.3. The third-order valence-corrected chi connectivity index (χ3v) is 12.6. The molecule has 75 heavy (non-hydrogen) atoms.